The van der Waals surface area contributed by atoms with Gasteiger partial charge in [0.25, 0.3) is 0 Å². The first-order chi connectivity index (χ1) is 8.63. The Kier molecular flexibility index (Phi) is 3.61. The smallest absolute Gasteiger partial charge is 0.327 e. The summed E-state index contributed by atoms with van der Waals surface area (Å²) in [6.45, 7) is -0.302. The number of aryl methyl sites for hydroxylation is 2. The van der Waals surface area contributed by atoms with Crippen LogP contribution in [0.25, 0.3) is 0 Å². The summed E-state index contributed by atoms with van der Waals surface area (Å²) in [6, 6.07) is 6.17. The molecule has 0 aliphatic carbocycles. The molecule has 2 aromatic rings. The molecule has 0 atom stereocenters. The second kappa shape index (κ2) is 5.35. The standard InChI is InChI=1S/C11H11FN4O2/c12-9-4-1-8(2-5-9)3-6-10-13-15-16(14-10)7-11(17)18/h1-2,4-5H,3,6-7H2,(H,17,18). The maximum atomic E-state index is 12.7. The molecular weight excluding hydrogens is 239 g/mol. The molecule has 1 heterocycles. The summed E-state index contributed by atoms with van der Waals surface area (Å²) in [7, 11) is 0. The first kappa shape index (κ1) is 12.2. The summed E-state index contributed by atoms with van der Waals surface area (Å²) in [5, 5.41) is 19.8. The van der Waals surface area contributed by atoms with Crippen LogP contribution in [0.1, 0.15) is 11.4 Å². The van der Waals surface area contributed by atoms with E-state index in [-0.39, 0.29) is 12.4 Å². The van der Waals surface area contributed by atoms with Crippen molar-refractivity contribution in [1.82, 2.24) is 20.2 Å². The van der Waals surface area contributed by atoms with E-state index in [4.69, 9.17) is 5.11 Å². The van der Waals surface area contributed by atoms with E-state index >= 15 is 0 Å². The van der Waals surface area contributed by atoms with Crippen molar-refractivity contribution < 1.29 is 14.3 Å². The van der Waals surface area contributed by atoms with Crippen LogP contribution in [0.2, 0.25) is 0 Å². The quantitative estimate of drug-likeness (QED) is 0.844. The number of nitrogens with zero attached hydrogens (tertiary/aromatic N) is 4. The van der Waals surface area contributed by atoms with E-state index < -0.39 is 5.97 Å². The van der Waals surface area contributed by atoms with E-state index in [1.165, 1.54) is 12.1 Å². The van der Waals surface area contributed by atoms with Gasteiger partial charge in [-0.25, -0.2) is 4.39 Å². The maximum Gasteiger partial charge on any atom is 0.327 e. The summed E-state index contributed by atoms with van der Waals surface area (Å²) in [5.74, 6) is -0.817. The Hall–Kier alpha value is -2.31. The molecule has 18 heavy (non-hydrogen) atoms. The van der Waals surface area contributed by atoms with Gasteiger partial charge in [-0.2, -0.15) is 4.80 Å². The molecule has 1 aromatic heterocycles. The van der Waals surface area contributed by atoms with Crippen LogP contribution >= 0.6 is 0 Å². The van der Waals surface area contributed by atoms with Crippen molar-refractivity contribution in [3.8, 4) is 0 Å². The highest BCUT2D eigenvalue weighted by Crippen LogP contribution is 2.05. The molecule has 2 rings (SSSR count). The van der Waals surface area contributed by atoms with Gasteiger partial charge >= 0.3 is 5.97 Å². The Morgan fingerprint density at radius 1 is 1.28 bits per heavy atom. The Balaban J connectivity index is 1.92. The average Bonchev–Trinajstić information content (AvgIpc) is 2.75. The van der Waals surface area contributed by atoms with Gasteiger partial charge in [0.1, 0.15) is 5.82 Å². The Labute approximate surface area is 102 Å². The van der Waals surface area contributed by atoms with Crippen LogP contribution in [-0.4, -0.2) is 31.3 Å². The van der Waals surface area contributed by atoms with E-state index in [1.54, 1.807) is 12.1 Å². The van der Waals surface area contributed by atoms with Gasteiger partial charge in [0.15, 0.2) is 12.4 Å². The molecular formula is C11H11FN4O2. The van der Waals surface area contributed by atoms with Crippen molar-refractivity contribution in [2.24, 2.45) is 0 Å². The number of carboxylic acid groups (broad SMARTS) is 1. The molecule has 0 unspecified atom stereocenters. The number of tetrazole rings is 1. The van der Waals surface area contributed by atoms with Crippen LogP contribution in [-0.2, 0) is 24.2 Å². The fourth-order valence-corrected chi connectivity index (χ4v) is 1.47. The predicted octanol–water partition coefficient (Wildman–Crippen LogP) is 0.682. The molecule has 94 valence electrons. The van der Waals surface area contributed by atoms with Crippen molar-refractivity contribution >= 4 is 5.97 Å². The normalized spacial score (nSPS) is 10.5. The summed E-state index contributed by atoms with van der Waals surface area (Å²) in [5.41, 5.74) is 0.964. The van der Waals surface area contributed by atoms with Crippen LogP contribution in [0.15, 0.2) is 24.3 Å². The second-order valence-corrected chi connectivity index (χ2v) is 3.76. The third kappa shape index (κ3) is 3.34. The zero-order valence-electron chi connectivity index (χ0n) is 9.45. The topological polar surface area (TPSA) is 80.9 Å². The number of aromatic nitrogens is 4. The number of benzene rings is 1. The lowest BCUT2D eigenvalue weighted by Gasteiger charge is -1.97. The predicted molar refractivity (Wildman–Crippen MR) is 59.3 cm³/mol. The molecule has 6 nitrogen and oxygen atoms in total. The molecule has 0 bridgehead atoms. The van der Waals surface area contributed by atoms with E-state index in [2.05, 4.69) is 15.4 Å². The van der Waals surface area contributed by atoms with Gasteiger partial charge in [0.05, 0.1) is 0 Å². The van der Waals surface area contributed by atoms with Gasteiger partial charge in [0.2, 0.25) is 0 Å². The maximum absolute atomic E-state index is 12.7. The van der Waals surface area contributed by atoms with Crippen molar-refractivity contribution in [3.05, 3.63) is 41.5 Å². The van der Waals surface area contributed by atoms with E-state index in [0.717, 1.165) is 10.4 Å². The molecule has 1 N–H and O–H groups in total. The number of rotatable bonds is 5. The minimum Gasteiger partial charge on any atom is -0.480 e. The number of aliphatic carboxylic acids is 1. The summed E-state index contributed by atoms with van der Waals surface area (Å²) in [4.78, 5) is 11.5. The van der Waals surface area contributed by atoms with Gasteiger partial charge in [-0.3, -0.25) is 4.79 Å². The zero-order valence-corrected chi connectivity index (χ0v) is 9.45. The number of hydrogen-bond donors (Lipinski definition) is 1. The lowest BCUT2D eigenvalue weighted by atomic mass is 10.1. The Bertz CT molecular complexity index is 538. The molecule has 0 aliphatic heterocycles. The first-order valence-corrected chi connectivity index (χ1v) is 5.36. The fraction of sp³-hybridized carbons (Fsp3) is 0.273. The third-order valence-electron chi connectivity index (χ3n) is 2.32. The highest BCUT2D eigenvalue weighted by atomic mass is 19.1. The molecule has 0 amide bonds. The average molecular weight is 250 g/mol. The minimum atomic E-state index is -1.02. The number of hydrogen-bond acceptors (Lipinski definition) is 4. The molecule has 0 saturated heterocycles. The SMILES string of the molecule is O=C(O)Cn1nnc(CCc2ccc(F)cc2)n1. The summed E-state index contributed by atoms with van der Waals surface area (Å²) in [6.07, 6.45) is 1.18. The van der Waals surface area contributed by atoms with Gasteiger partial charge in [0, 0.05) is 6.42 Å². The number of carbonyl (C=O) groups is 1. The monoisotopic (exact) mass is 250 g/mol. The zero-order chi connectivity index (χ0) is 13.0. The van der Waals surface area contributed by atoms with Crippen LogP contribution in [0.5, 0.6) is 0 Å². The molecule has 7 heteroatoms. The molecule has 0 radical (unpaired) electrons. The van der Waals surface area contributed by atoms with E-state index in [9.17, 15) is 9.18 Å². The summed E-state index contributed by atoms with van der Waals surface area (Å²) >= 11 is 0. The van der Waals surface area contributed by atoms with Crippen molar-refractivity contribution in [2.75, 3.05) is 0 Å². The second-order valence-electron chi connectivity index (χ2n) is 3.76. The summed E-state index contributed by atoms with van der Waals surface area (Å²) < 4.78 is 12.7. The highest BCUT2D eigenvalue weighted by Gasteiger charge is 2.06. The van der Waals surface area contributed by atoms with Crippen LogP contribution < -0.4 is 0 Å². The van der Waals surface area contributed by atoms with E-state index in [1.807, 2.05) is 0 Å². The Morgan fingerprint density at radius 2 is 2.00 bits per heavy atom. The van der Waals surface area contributed by atoms with Gasteiger partial charge in [-0.05, 0) is 29.3 Å². The minimum absolute atomic E-state index is 0.274. The van der Waals surface area contributed by atoms with Crippen LogP contribution in [0.4, 0.5) is 4.39 Å². The molecule has 0 fully saturated rings. The first-order valence-electron chi connectivity index (χ1n) is 5.36. The molecule has 1 aromatic carbocycles. The molecule has 0 spiro atoms. The highest BCUT2D eigenvalue weighted by molar-refractivity contribution is 5.66. The van der Waals surface area contributed by atoms with E-state index in [0.29, 0.717) is 18.7 Å². The number of halogens is 1. The van der Waals surface area contributed by atoms with Crippen molar-refractivity contribution in [3.63, 3.8) is 0 Å². The fourth-order valence-electron chi connectivity index (χ4n) is 1.47. The Morgan fingerprint density at radius 3 is 2.67 bits per heavy atom. The van der Waals surface area contributed by atoms with Crippen molar-refractivity contribution in [2.45, 2.75) is 19.4 Å². The lowest BCUT2D eigenvalue weighted by molar-refractivity contribution is -0.138. The third-order valence-corrected chi connectivity index (χ3v) is 2.32. The van der Waals surface area contributed by atoms with Gasteiger partial charge in [-0.15, -0.1) is 10.2 Å². The van der Waals surface area contributed by atoms with Crippen LogP contribution in [0, 0.1) is 5.82 Å². The largest absolute Gasteiger partial charge is 0.480 e. The number of carboxylic acids is 1. The van der Waals surface area contributed by atoms with Crippen LogP contribution in [0.3, 0.4) is 0 Å². The molecule has 0 saturated carbocycles. The lowest BCUT2D eigenvalue weighted by Crippen LogP contribution is -2.11. The van der Waals surface area contributed by atoms with Gasteiger partial charge in [-0.1, -0.05) is 12.1 Å². The van der Waals surface area contributed by atoms with Gasteiger partial charge < -0.3 is 5.11 Å². The molecule has 0 aliphatic rings. The van der Waals surface area contributed by atoms with Crippen molar-refractivity contribution in [1.29, 1.82) is 0 Å².